The van der Waals surface area contributed by atoms with Gasteiger partial charge in [0.1, 0.15) is 5.69 Å². The van der Waals surface area contributed by atoms with Gasteiger partial charge in [-0.3, -0.25) is 4.79 Å². The van der Waals surface area contributed by atoms with Crippen LogP contribution in [-0.2, 0) is 11.2 Å². The van der Waals surface area contributed by atoms with Crippen molar-refractivity contribution >= 4 is 29.4 Å². The highest BCUT2D eigenvalue weighted by Crippen LogP contribution is 2.31. The summed E-state index contributed by atoms with van der Waals surface area (Å²) >= 11 is 5.86. The van der Waals surface area contributed by atoms with Gasteiger partial charge in [-0.15, -0.1) is 4.91 Å². The molecule has 2 N–H and O–H groups in total. The Morgan fingerprint density at radius 2 is 2.27 bits per heavy atom. The molecule has 6 heteroatoms. The van der Waals surface area contributed by atoms with E-state index >= 15 is 0 Å². The molecule has 0 atom stereocenters. The Bertz CT molecular complexity index is 382. The van der Waals surface area contributed by atoms with E-state index in [1.54, 1.807) is 0 Å². The maximum atomic E-state index is 10.5. The van der Waals surface area contributed by atoms with E-state index in [4.69, 9.17) is 16.7 Å². The fraction of sp³-hybridized carbons (Fsp3) is 0.222. The first-order valence-electron chi connectivity index (χ1n) is 4.19. The van der Waals surface area contributed by atoms with Crippen LogP contribution in [-0.4, -0.2) is 18.1 Å². The normalized spacial score (nSPS) is 9.73. The number of rotatable bonds is 5. The van der Waals surface area contributed by atoms with E-state index in [0.717, 1.165) is 0 Å². The number of benzene rings is 1. The van der Waals surface area contributed by atoms with Crippen molar-refractivity contribution in [1.29, 1.82) is 0 Å². The van der Waals surface area contributed by atoms with Gasteiger partial charge in [-0.05, 0) is 29.3 Å². The van der Waals surface area contributed by atoms with E-state index < -0.39 is 0 Å². The van der Waals surface area contributed by atoms with Crippen molar-refractivity contribution < 1.29 is 9.90 Å². The van der Waals surface area contributed by atoms with Crippen LogP contribution in [0.1, 0.15) is 5.56 Å². The van der Waals surface area contributed by atoms with E-state index in [2.05, 4.69) is 10.5 Å². The highest BCUT2D eigenvalue weighted by atomic mass is 35.5. The lowest BCUT2D eigenvalue weighted by atomic mass is 10.1. The molecule has 80 valence electrons. The Hall–Kier alpha value is -1.46. The van der Waals surface area contributed by atoms with E-state index in [1.807, 2.05) is 0 Å². The van der Waals surface area contributed by atoms with Gasteiger partial charge in [0, 0.05) is 11.6 Å². The molecule has 0 saturated heterocycles. The lowest BCUT2D eigenvalue weighted by Gasteiger charge is -2.07. The molecule has 0 fully saturated rings. The summed E-state index contributed by atoms with van der Waals surface area (Å²) in [7, 11) is 0. The zero-order chi connectivity index (χ0) is 11.3. The molecule has 0 saturated carbocycles. The number of carbonyl (C=O) groups excluding carboxylic acids is 1. The molecule has 5 nitrogen and oxygen atoms in total. The van der Waals surface area contributed by atoms with Crippen LogP contribution in [0.2, 0.25) is 5.02 Å². The summed E-state index contributed by atoms with van der Waals surface area (Å²) < 4.78 is 0. The summed E-state index contributed by atoms with van der Waals surface area (Å²) in [5.74, 6) is 0. The van der Waals surface area contributed by atoms with Crippen molar-refractivity contribution in [3.63, 3.8) is 0 Å². The van der Waals surface area contributed by atoms with Crippen LogP contribution in [0.25, 0.3) is 0 Å². The SMILES string of the molecule is O=CNc1cc(Cl)c(CCO)cc1N=O. The number of aliphatic hydroxyl groups is 1. The zero-order valence-electron chi connectivity index (χ0n) is 7.74. The molecule has 0 aliphatic carbocycles. The van der Waals surface area contributed by atoms with Crippen molar-refractivity contribution in [2.45, 2.75) is 6.42 Å². The van der Waals surface area contributed by atoms with Gasteiger partial charge in [-0.25, -0.2) is 0 Å². The molecule has 0 heterocycles. The molecule has 1 aromatic rings. The van der Waals surface area contributed by atoms with Crippen LogP contribution >= 0.6 is 11.6 Å². The second kappa shape index (κ2) is 5.43. The zero-order valence-corrected chi connectivity index (χ0v) is 8.49. The minimum Gasteiger partial charge on any atom is -0.396 e. The number of nitrogens with one attached hydrogen (secondary N) is 1. The molecule has 0 aliphatic rings. The molecule has 0 aliphatic heterocycles. The van der Waals surface area contributed by atoms with Gasteiger partial charge in [0.05, 0.1) is 5.69 Å². The summed E-state index contributed by atoms with van der Waals surface area (Å²) in [5.41, 5.74) is 0.965. The second-order valence-corrected chi connectivity index (χ2v) is 3.20. The number of hydrogen-bond acceptors (Lipinski definition) is 4. The largest absolute Gasteiger partial charge is 0.396 e. The Morgan fingerprint density at radius 3 is 2.80 bits per heavy atom. The molecule has 0 radical (unpaired) electrons. The van der Waals surface area contributed by atoms with Crippen molar-refractivity contribution in [1.82, 2.24) is 0 Å². The summed E-state index contributed by atoms with van der Waals surface area (Å²) in [6.45, 7) is -0.0710. The first kappa shape index (κ1) is 11.6. The molecular formula is C9H9ClN2O3. The van der Waals surface area contributed by atoms with E-state index in [-0.39, 0.29) is 18.0 Å². The standard InChI is InChI=1S/C9H9ClN2O3/c10-7-4-8(11-5-14)9(12-15)3-6(7)1-2-13/h3-5,13H,1-2H2,(H,11,14). The van der Waals surface area contributed by atoms with Crippen LogP contribution in [0, 0.1) is 4.91 Å². The van der Waals surface area contributed by atoms with Crippen LogP contribution in [0.15, 0.2) is 17.3 Å². The van der Waals surface area contributed by atoms with Crippen LogP contribution in [0.5, 0.6) is 0 Å². The van der Waals surface area contributed by atoms with Gasteiger partial charge in [-0.2, -0.15) is 0 Å². The van der Waals surface area contributed by atoms with Gasteiger partial charge < -0.3 is 10.4 Å². The molecule has 0 bridgehead atoms. The monoisotopic (exact) mass is 228 g/mol. The molecule has 0 spiro atoms. The molecular weight excluding hydrogens is 220 g/mol. The number of aliphatic hydroxyl groups excluding tert-OH is 1. The maximum absolute atomic E-state index is 10.5. The lowest BCUT2D eigenvalue weighted by Crippen LogP contribution is -1.97. The fourth-order valence-electron chi connectivity index (χ4n) is 1.17. The Morgan fingerprint density at radius 1 is 1.53 bits per heavy atom. The van der Waals surface area contributed by atoms with Crippen molar-refractivity contribution in [3.8, 4) is 0 Å². The fourth-order valence-corrected chi connectivity index (χ4v) is 1.43. The molecule has 15 heavy (non-hydrogen) atoms. The van der Waals surface area contributed by atoms with E-state index in [1.165, 1.54) is 12.1 Å². The minimum atomic E-state index is -0.0710. The molecule has 1 rings (SSSR count). The topological polar surface area (TPSA) is 78.8 Å². The quantitative estimate of drug-likeness (QED) is 0.596. The van der Waals surface area contributed by atoms with Gasteiger partial charge >= 0.3 is 0 Å². The summed E-state index contributed by atoms with van der Waals surface area (Å²) in [4.78, 5) is 20.7. The van der Waals surface area contributed by atoms with Crippen LogP contribution in [0.3, 0.4) is 0 Å². The smallest absolute Gasteiger partial charge is 0.211 e. The number of nitroso groups, excluding NO2 is 1. The number of hydrogen-bond donors (Lipinski definition) is 2. The Labute approximate surface area is 91.0 Å². The Balaban J connectivity index is 3.15. The molecule has 0 aromatic heterocycles. The summed E-state index contributed by atoms with van der Waals surface area (Å²) in [5, 5.41) is 14.2. The minimum absolute atomic E-state index is 0.0710. The van der Waals surface area contributed by atoms with Gasteiger partial charge in [-0.1, -0.05) is 11.6 Å². The Kier molecular flexibility index (Phi) is 4.20. The average Bonchev–Trinajstić information content (AvgIpc) is 2.22. The van der Waals surface area contributed by atoms with Gasteiger partial charge in [0.15, 0.2) is 0 Å². The lowest BCUT2D eigenvalue weighted by molar-refractivity contribution is -0.105. The summed E-state index contributed by atoms with van der Waals surface area (Å²) in [6.07, 6.45) is 0.773. The second-order valence-electron chi connectivity index (χ2n) is 2.79. The highest BCUT2D eigenvalue weighted by molar-refractivity contribution is 6.31. The molecule has 1 amide bonds. The van der Waals surface area contributed by atoms with Crippen molar-refractivity contribution in [2.75, 3.05) is 11.9 Å². The first-order chi connectivity index (χ1) is 7.22. The molecule has 1 aromatic carbocycles. The number of halogens is 1. The predicted octanol–water partition coefficient (Wildman–Crippen LogP) is 1.84. The predicted molar refractivity (Wildman–Crippen MR) is 57.4 cm³/mol. The maximum Gasteiger partial charge on any atom is 0.211 e. The number of amides is 1. The van der Waals surface area contributed by atoms with Gasteiger partial charge in [0.25, 0.3) is 0 Å². The van der Waals surface area contributed by atoms with Crippen LogP contribution < -0.4 is 5.32 Å². The first-order valence-corrected chi connectivity index (χ1v) is 4.57. The van der Waals surface area contributed by atoms with E-state index in [9.17, 15) is 9.70 Å². The number of nitrogens with zero attached hydrogens (tertiary/aromatic N) is 1. The van der Waals surface area contributed by atoms with E-state index in [0.29, 0.717) is 23.4 Å². The number of carbonyl (C=O) groups is 1. The van der Waals surface area contributed by atoms with Crippen LogP contribution in [0.4, 0.5) is 11.4 Å². The third-order valence-electron chi connectivity index (χ3n) is 1.86. The van der Waals surface area contributed by atoms with Gasteiger partial charge in [0.2, 0.25) is 6.41 Å². The van der Waals surface area contributed by atoms with Crippen molar-refractivity contribution in [2.24, 2.45) is 5.18 Å². The number of anilines is 1. The highest BCUT2D eigenvalue weighted by Gasteiger charge is 2.08. The average molecular weight is 229 g/mol. The summed E-state index contributed by atoms with van der Waals surface area (Å²) in [6, 6.07) is 2.87. The van der Waals surface area contributed by atoms with Crippen molar-refractivity contribution in [3.05, 3.63) is 27.6 Å². The molecule has 0 unspecified atom stereocenters. The third kappa shape index (κ3) is 2.74. The third-order valence-corrected chi connectivity index (χ3v) is 2.21.